The minimum atomic E-state index is -0.627. The van der Waals surface area contributed by atoms with Crippen LogP contribution in [0.3, 0.4) is 0 Å². The lowest BCUT2D eigenvalue weighted by atomic mass is 9.85. The van der Waals surface area contributed by atoms with Crippen molar-refractivity contribution in [3.05, 3.63) is 57.2 Å². The summed E-state index contributed by atoms with van der Waals surface area (Å²) in [5, 5.41) is 21.8. The number of ether oxygens (including phenoxy) is 3. The highest BCUT2D eigenvalue weighted by molar-refractivity contribution is 6.33. The van der Waals surface area contributed by atoms with Crippen molar-refractivity contribution in [2.45, 2.75) is 24.9 Å². The van der Waals surface area contributed by atoms with Gasteiger partial charge in [-0.3, -0.25) is 9.59 Å². The Morgan fingerprint density at radius 1 is 1.16 bits per heavy atom. The Labute approximate surface area is 219 Å². The van der Waals surface area contributed by atoms with Crippen molar-refractivity contribution < 1.29 is 33.6 Å². The third-order valence-electron chi connectivity index (χ3n) is 6.44. The molecular weight excluding hydrogens is 502 g/mol. The van der Waals surface area contributed by atoms with Gasteiger partial charge < -0.3 is 33.7 Å². The van der Waals surface area contributed by atoms with E-state index in [1.165, 1.54) is 6.07 Å². The Balaban J connectivity index is 1.72. The largest absolute Gasteiger partial charge is 0.507 e. The Morgan fingerprint density at radius 2 is 1.95 bits per heavy atom. The number of benzene rings is 2. The highest BCUT2D eigenvalue weighted by Crippen LogP contribution is 2.43. The number of carbonyl (C=O) groups excluding carboxylic acids is 1. The molecule has 0 spiro atoms. The molecule has 0 saturated carbocycles. The van der Waals surface area contributed by atoms with E-state index in [2.05, 4.69) is 0 Å². The first-order valence-corrected chi connectivity index (χ1v) is 12.4. The van der Waals surface area contributed by atoms with E-state index in [0.717, 1.165) is 6.07 Å². The zero-order chi connectivity index (χ0) is 26.5. The number of fused-ring (bicyclic) bond motifs is 1. The molecule has 0 bridgehead atoms. The van der Waals surface area contributed by atoms with Gasteiger partial charge in [0, 0.05) is 42.8 Å². The first kappa shape index (κ1) is 26.9. The van der Waals surface area contributed by atoms with Crippen LogP contribution in [0, 0.1) is 0 Å². The third-order valence-corrected chi connectivity index (χ3v) is 6.76. The maximum absolute atomic E-state index is 13.1. The van der Waals surface area contributed by atoms with E-state index in [1.54, 1.807) is 31.4 Å². The molecule has 9 nitrogen and oxygen atoms in total. The maximum atomic E-state index is 13.1. The Bertz CT molecular complexity index is 1320. The van der Waals surface area contributed by atoms with E-state index in [0.29, 0.717) is 48.9 Å². The molecule has 3 aromatic rings. The van der Waals surface area contributed by atoms with Crippen LogP contribution in [-0.2, 0) is 19.0 Å². The number of hydrogen-bond donors (Lipinski definition) is 2. The van der Waals surface area contributed by atoms with Crippen LogP contribution in [0.4, 0.5) is 0 Å². The predicted molar refractivity (Wildman–Crippen MR) is 138 cm³/mol. The fourth-order valence-electron chi connectivity index (χ4n) is 4.62. The number of hydrogen-bond acceptors (Lipinski definition) is 9. The van der Waals surface area contributed by atoms with Gasteiger partial charge in [0.05, 0.1) is 31.3 Å². The topological polar surface area (TPSA) is 119 Å². The van der Waals surface area contributed by atoms with Crippen molar-refractivity contribution in [3.8, 4) is 22.8 Å². The fourth-order valence-corrected chi connectivity index (χ4v) is 4.85. The van der Waals surface area contributed by atoms with E-state index >= 15 is 0 Å². The van der Waals surface area contributed by atoms with Crippen LogP contribution in [0.25, 0.3) is 22.3 Å². The normalized spacial score (nSPS) is 18.2. The summed E-state index contributed by atoms with van der Waals surface area (Å²) in [6.45, 7) is 2.07. The quantitative estimate of drug-likeness (QED) is 0.313. The molecule has 0 unspecified atom stereocenters. The van der Waals surface area contributed by atoms with Crippen LogP contribution in [0.1, 0.15) is 24.3 Å². The smallest absolute Gasteiger partial charge is 0.308 e. The van der Waals surface area contributed by atoms with Gasteiger partial charge in [0.15, 0.2) is 5.43 Å². The van der Waals surface area contributed by atoms with Gasteiger partial charge in [0.1, 0.15) is 34.3 Å². The summed E-state index contributed by atoms with van der Waals surface area (Å²) in [7, 11) is 3.48. The van der Waals surface area contributed by atoms with Crippen LogP contribution in [0.2, 0.25) is 5.02 Å². The van der Waals surface area contributed by atoms with Crippen LogP contribution in [0.5, 0.6) is 11.5 Å². The number of phenols is 2. The number of halogens is 1. The fraction of sp³-hybridized carbons (Fsp3) is 0.407. The molecule has 1 aromatic heterocycles. The summed E-state index contributed by atoms with van der Waals surface area (Å²) in [6, 6.07) is 9.30. The van der Waals surface area contributed by atoms with Crippen LogP contribution >= 0.6 is 11.6 Å². The molecule has 2 N–H and O–H groups in total. The minimum absolute atomic E-state index is 0.0402. The number of phenolic OH excluding ortho intramolecular Hbond substituents is 2. The van der Waals surface area contributed by atoms with Crippen molar-refractivity contribution in [3.63, 3.8) is 0 Å². The summed E-state index contributed by atoms with van der Waals surface area (Å²) in [4.78, 5) is 27.7. The molecule has 0 radical (unpaired) electrons. The second-order valence-electron chi connectivity index (χ2n) is 9.03. The summed E-state index contributed by atoms with van der Waals surface area (Å²) >= 11 is 6.34. The zero-order valence-corrected chi connectivity index (χ0v) is 21.5. The predicted octanol–water partition coefficient (Wildman–Crippen LogP) is 3.91. The monoisotopic (exact) mass is 531 g/mol. The Morgan fingerprint density at radius 3 is 2.70 bits per heavy atom. The van der Waals surface area contributed by atoms with Gasteiger partial charge in [-0.05, 0) is 32.1 Å². The standard InChI is InChI=1S/C27H30ClNO8/c1-29-9-7-17(23(15-29)36-24(33)8-10-35-12-11-34-2)25-19(30)13-20(31)26-21(32)14-22(37-27(25)26)16-5-3-4-6-18(16)28/h3-6,13-14,17,23,30-31H,7-12,15H2,1-2H3/t17-,23+/m0/s1. The number of piperidine rings is 1. The number of likely N-dealkylation sites (N-methyl/N-ethyl adjacent to an activating group) is 1. The molecule has 1 aliphatic rings. The second kappa shape index (κ2) is 12.0. The van der Waals surface area contributed by atoms with Gasteiger partial charge in [0.2, 0.25) is 0 Å². The molecule has 198 valence electrons. The first-order valence-electron chi connectivity index (χ1n) is 12.0. The van der Waals surface area contributed by atoms with E-state index in [4.69, 9.17) is 30.2 Å². The molecule has 4 rings (SSSR count). The van der Waals surface area contributed by atoms with Crippen molar-refractivity contribution in [2.24, 2.45) is 0 Å². The highest BCUT2D eigenvalue weighted by atomic mass is 35.5. The summed E-state index contributed by atoms with van der Waals surface area (Å²) < 4.78 is 22.3. The SMILES string of the molecule is COCCOCCC(=O)O[C@@H]1CN(C)CC[C@@H]1c1c(O)cc(O)c2c(=O)cc(-c3ccccc3Cl)oc12. The number of likely N-dealkylation sites (tertiary alicyclic amines) is 1. The minimum Gasteiger partial charge on any atom is -0.507 e. The summed E-state index contributed by atoms with van der Waals surface area (Å²) in [6.07, 6.45) is -0.0464. The lowest BCUT2D eigenvalue weighted by Gasteiger charge is -2.36. The number of rotatable bonds is 9. The molecule has 1 aliphatic heterocycles. The highest BCUT2D eigenvalue weighted by Gasteiger charge is 2.36. The lowest BCUT2D eigenvalue weighted by molar-refractivity contribution is -0.154. The van der Waals surface area contributed by atoms with Crippen LogP contribution in [0.15, 0.2) is 45.6 Å². The van der Waals surface area contributed by atoms with Gasteiger partial charge >= 0.3 is 5.97 Å². The number of methoxy groups -OCH3 is 1. The molecule has 0 aliphatic carbocycles. The van der Waals surface area contributed by atoms with Crippen molar-refractivity contribution in [1.29, 1.82) is 0 Å². The van der Waals surface area contributed by atoms with Gasteiger partial charge in [-0.1, -0.05) is 23.7 Å². The summed E-state index contributed by atoms with van der Waals surface area (Å²) in [5.41, 5.74) is 0.362. The van der Waals surface area contributed by atoms with E-state index in [9.17, 15) is 19.8 Å². The van der Waals surface area contributed by atoms with Crippen molar-refractivity contribution in [2.75, 3.05) is 47.1 Å². The van der Waals surface area contributed by atoms with E-state index < -0.39 is 29.2 Å². The number of aromatic hydroxyl groups is 2. The molecular formula is C27H30ClNO8. The van der Waals surface area contributed by atoms with E-state index in [1.807, 2.05) is 11.9 Å². The molecule has 1 saturated heterocycles. The van der Waals surface area contributed by atoms with Gasteiger partial charge in [0.25, 0.3) is 0 Å². The van der Waals surface area contributed by atoms with Gasteiger partial charge in [-0.15, -0.1) is 0 Å². The number of esters is 1. The molecule has 2 aromatic carbocycles. The van der Waals surface area contributed by atoms with Crippen LogP contribution in [-0.4, -0.2) is 74.3 Å². The van der Waals surface area contributed by atoms with Gasteiger partial charge in [-0.2, -0.15) is 0 Å². The molecule has 2 atom stereocenters. The third kappa shape index (κ3) is 6.07. The van der Waals surface area contributed by atoms with Crippen LogP contribution < -0.4 is 5.43 Å². The average molecular weight is 532 g/mol. The molecule has 0 amide bonds. The number of carbonyl (C=O) groups is 1. The first-order chi connectivity index (χ1) is 17.8. The molecule has 10 heteroatoms. The lowest BCUT2D eigenvalue weighted by Crippen LogP contribution is -2.43. The maximum Gasteiger partial charge on any atom is 0.308 e. The number of nitrogens with zero attached hydrogens (tertiary/aromatic N) is 1. The summed E-state index contributed by atoms with van der Waals surface area (Å²) in [5.74, 6) is -1.37. The Hall–Kier alpha value is -3.11. The zero-order valence-electron chi connectivity index (χ0n) is 20.7. The van der Waals surface area contributed by atoms with Gasteiger partial charge in [-0.25, -0.2) is 0 Å². The molecule has 37 heavy (non-hydrogen) atoms. The Kier molecular flexibility index (Phi) is 8.71. The van der Waals surface area contributed by atoms with E-state index in [-0.39, 0.29) is 35.5 Å². The average Bonchev–Trinajstić information content (AvgIpc) is 2.85. The van der Waals surface area contributed by atoms with Crippen molar-refractivity contribution >= 4 is 28.5 Å². The molecule has 2 heterocycles. The second-order valence-corrected chi connectivity index (χ2v) is 9.44. The van der Waals surface area contributed by atoms with Crippen molar-refractivity contribution in [1.82, 2.24) is 4.90 Å². The molecule has 1 fully saturated rings.